The van der Waals surface area contributed by atoms with E-state index in [1.807, 2.05) is 0 Å². The van der Waals surface area contributed by atoms with Gasteiger partial charge < -0.3 is 35.0 Å². The molecule has 2 rings (SSSR count). The van der Waals surface area contributed by atoms with E-state index < -0.39 is 23.0 Å². The minimum absolute atomic E-state index is 0.0472. The third-order valence-electron chi connectivity index (χ3n) is 3.77. The predicted molar refractivity (Wildman–Crippen MR) is 106 cm³/mol. The molecule has 2 aromatic rings. The minimum Gasteiger partial charge on any atom is -0.508 e. The number of rotatable bonds is 7. The number of hydrogen-bond acceptors (Lipinski definition) is 8. The fourth-order valence-corrected chi connectivity index (χ4v) is 2.33. The zero-order valence-electron chi connectivity index (χ0n) is 15.7. The quantitative estimate of drug-likeness (QED) is 0.207. The number of ether oxygens (including phenoxy) is 2. The normalized spacial score (nSPS) is 11.9. The largest absolute Gasteiger partial charge is 0.508 e. The van der Waals surface area contributed by atoms with Crippen molar-refractivity contribution in [3.63, 3.8) is 0 Å². The fraction of sp³-hybridized carbons (Fsp3) is 0.0952. The number of carbonyl (C=O) groups excluding carboxylic acids is 1. The van der Waals surface area contributed by atoms with Gasteiger partial charge in [-0.05, 0) is 47.5 Å². The topological polar surface area (TPSA) is 137 Å². The van der Waals surface area contributed by atoms with Gasteiger partial charge in [0.2, 0.25) is 11.5 Å². The van der Waals surface area contributed by atoms with Gasteiger partial charge in [0.05, 0.1) is 14.2 Å². The summed E-state index contributed by atoms with van der Waals surface area (Å²) in [5.41, 5.74) is 0.826. The van der Waals surface area contributed by atoms with Crippen LogP contribution in [0.2, 0.25) is 0 Å². The van der Waals surface area contributed by atoms with Crippen molar-refractivity contribution >= 4 is 17.9 Å². The summed E-state index contributed by atoms with van der Waals surface area (Å²) in [5.74, 6) is -2.38. The molecule has 5 N–H and O–H groups in total. The van der Waals surface area contributed by atoms with Crippen molar-refractivity contribution < 1.29 is 39.8 Å². The Morgan fingerprint density at radius 3 is 1.69 bits per heavy atom. The van der Waals surface area contributed by atoms with Gasteiger partial charge in [0.25, 0.3) is 0 Å². The van der Waals surface area contributed by atoms with Gasteiger partial charge in [0.1, 0.15) is 5.76 Å². The van der Waals surface area contributed by atoms with E-state index in [2.05, 4.69) is 0 Å². The number of aliphatic hydroxyl groups excluding tert-OH is 1. The molecule has 0 atom stereocenters. The van der Waals surface area contributed by atoms with Crippen LogP contribution in [0.1, 0.15) is 11.1 Å². The summed E-state index contributed by atoms with van der Waals surface area (Å²) in [5, 5.41) is 48.3. The molecule has 152 valence electrons. The number of aliphatic hydroxyl groups is 1. The highest BCUT2D eigenvalue weighted by Gasteiger charge is 2.09. The summed E-state index contributed by atoms with van der Waals surface area (Å²) in [6.45, 7) is 0. The Kier molecular flexibility index (Phi) is 6.75. The van der Waals surface area contributed by atoms with Crippen LogP contribution in [0.5, 0.6) is 34.5 Å². The minimum atomic E-state index is -0.537. The first kappa shape index (κ1) is 21.2. The Morgan fingerprint density at radius 2 is 1.24 bits per heavy atom. The van der Waals surface area contributed by atoms with Crippen LogP contribution in [0.3, 0.4) is 0 Å². The van der Waals surface area contributed by atoms with Crippen molar-refractivity contribution in [3.8, 4) is 34.5 Å². The SMILES string of the molecule is COc1cc(C=CC(=O)/C=C(\O)C=Cc2cc(O)c(O)c(OC)c2)cc(O)c1O. The molecule has 0 unspecified atom stereocenters. The van der Waals surface area contributed by atoms with Crippen molar-refractivity contribution in [1.82, 2.24) is 0 Å². The maximum Gasteiger partial charge on any atom is 0.200 e. The molecule has 0 fully saturated rings. The second-order valence-electron chi connectivity index (χ2n) is 5.82. The van der Waals surface area contributed by atoms with Crippen molar-refractivity contribution in [2.75, 3.05) is 14.2 Å². The van der Waals surface area contributed by atoms with Crippen LogP contribution in [0.25, 0.3) is 12.2 Å². The molecule has 0 aliphatic rings. The van der Waals surface area contributed by atoms with Crippen LogP contribution >= 0.6 is 0 Å². The molecule has 8 heteroatoms. The van der Waals surface area contributed by atoms with E-state index in [0.717, 1.165) is 12.2 Å². The first-order chi connectivity index (χ1) is 13.7. The summed E-state index contributed by atoms with van der Waals surface area (Å²) >= 11 is 0. The molecule has 0 aromatic heterocycles. The Balaban J connectivity index is 2.13. The molecule has 0 saturated carbocycles. The van der Waals surface area contributed by atoms with Crippen LogP contribution in [-0.4, -0.2) is 45.5 Å². The molecule has 0 spiro atoms. The number of aromatic hydroxyl groups is 4. The number of hydrogen-bond donors (Lipinski definition) is 5. The number of methoxy groups -OCH3 is 2. The Labute approximate surface area is 166 Å². The molecule has 0 aliphatic heterocycles. The van der Waals surface area contributed by atoms with Gasteiger partial charge in [0, 0.05) is 6.08 Å². The average Bonchev–Trinajstić information content (AvgIpc) is 2.69. The molecule has 8 nitrogen and oxygen atoms in total. The second kappa shape index (κ2) is 9.23. The molecular formula is C21H20O8. The van der Waals surface area contributed by atoms with Crippen molar-refractivity contribution in [2.24, 2.45) is 0 Å². The highest BCUT2D eigenvalue weighted by atomic mass is 16.5. The van der Waals surface area contributed by atoms with E-state index in [0.29, 0.717) is 11.1 Å². The van der Waals surface area contributed by atoms with Crippen LogP contribution in [0.15, 0.2) is 48.3 Å². The number of phenols is 4. The van der Waals surface area contributed by atoms with Crippen LogP contribution < -0.4 is 9.47 Å². The molecular weight excluding hydrogens is 380 g/mol. The van der Waals surface area contributed by atoms with Gasteiger partial charge in [0.15, 0.2) is 28.8 Å². The number of carbonyl (C=O) groups is 1. The second-order valence-corrected chi connectivity index (χ2v) is 5.82. The van der Waals surface area contributed by atoms with Gasteiger partial charge in [-0.2, -0.15) is 0 Å². The molecule has 2 aromatic carbocycles. The highest BCUT2D eigenvalue weighted by Crippen LogP contribution is 2.37. The maximum atomic E-state index is 12.0. The molecule has 0 saturated heterocycles. The van der Waals surface area contributed by atoms with Gasteiger partial charge >= 0.3 is 0 Å². The predicted octanol–water partition coefficient (Wildman–Crippen LogP) is 3.26. The lowest BCUT2D eigenvalue weighted by Crippen LogP contribution is -1.90. The van der Waals surface area contributed by atoms with E-state index in [1.165, 1.54) is 56.7 Å². The fourth-order valence-electron chi connectivity index (χ4n) is 2.33. The molecule has 0 heterocycles. The molecule has 0 radical (unpaired) electrons. The third-order valence-corrected chi connectivity index (χ3v) is 3.77. The summed E-state index contributed by atoms with van der Waals surface area (Å²) in [6, 6.07) is 5.36. The van der Waals surface area contributed by atoms with Gasteiger partial charge in [-0.25, -0.2) is 0 Å². The summed E-state index contributed by atoms with van der Waals surface area (Å²) in [6.07, 6.45) is 6.13. The maximum absolute atomic E-state index is 12.0. The third kappa shape index (κ3) is 5.46. The van der Waals surface area contributed by atoms with E-state index in [9.17, 15) is 30.3 Å². The van der Waals surface area contributed by atoms with E-state index >= 15 is 0 Å². The smallest absolute Gasteiger partial charge is 0.200 e. The van der Waals surface area contributed by atoms with Gasteiger partial charge in [-0.1, -0.05) is 12.2 Å². The lowest BCUT2D eigenvalue weighted by Gasteiger charge is -2.06. The first-order valence-corrected chi connectivity index (χ1v) is 8.26. The van der Waals surface area contributed by atoms with Crippen LogP contribution in [0, 0.1) is 0 Å². The number of allylic oxidation sites excluding steroid dienone is 3. The van der Waals surface area contributed by atoms with E-state index in [-0.39, 0.29) is 23.0 Å². The van der Waals surface area contributed by atoms with Crippen molar-refractivity contribution in [2.45, 2.75) is 0 Å². The van der Waals surface area contributed by atoms with Gasteiger partial charge in [-0.15, -0.1) is 0 Å². The zero-order valence-corrected chi connectivity index (χ0v) is 15.7. The van der Waals surface area contributed by atoms with Gasteiger partial charge in [-0.3, -0.25) is 4.79 Å². The highest BCUT2D eigenvalue weighted by molar-refractivity contribution is 6.02. The zero-order chi connectivity index (χ0) is 21.6. The first-order valence-electron chi connectivity index (χ1n) is 8.26. The van der Waals surface area contributed by atoms with E-state index in [1.54, 1.807) is 0 Å². The lowest BCUT2D eigenvalue weighted by atomic mass is 10.1. The lowest BCUT2D eigenvalue weighted by molar-refractivity contribution is -0.110. The number of ketones is 1. The number of phenolic OH excluding ortho intramolecular Hbond substituents is 4. The average molecular weight is 400 g/mol. The summed E-state index contributed by atoms with van der Waals surface area (Å²) < 4.78 is 9.83. The van der Waals surface area contributed by atoms with Crippen molar-refractivity contribution in [1.29, 1.82) is 0 Å². The van der Waals surface area contributed by atoms with E-state index in [4.69, 9.17) is 9.47 Å². The Bertz CT molecular complexity index is 1000. The number of benzene rings is 2. The Hall–Kier alpha value is -4.07. The molecule has 0 bridgehead atoms. The summed E-state index contributed by atoms with van der Waals surface area (Å²) in [7, 11) is 2.65. The van der Waals surface area contributed by atoms with Crippen LogP contribution in [0.4, 0.5) is 0 Å². The van der Waals surface area contributed by atoms with Crippen LogP contribution in [-0.2, 0) is 4.79 Å². The monoisotopic (exact) mass is 400 g/mol. The van der Waals surface area contributed by atoms with Crippen molar-refractivity contribution in [3.05, 3.63) is 59.4 Å². The molecule has 0 aliphatic carbocycles. The summed E-state index contributed by atoms with van der Waals surface area (Å²) in [4.78, 5) is 12.0. The Morgan fingerprint density at radius 1 is 0.793 bits per heavy atom. The standard InChI is InChI=1S/C21H20O8/c1-28-18-9-12(7-16(24)20(18)26)3-5-14(22)11-15(23)6-4-13-8-17(25)21(27)19(10-13)29-2/h3-11,22,24-27H,1-2H3/b5-3?,6-4?,14-11-. The molecule has 0 amide bonds. The molecule has 29 heavy (non-hydrogen) atoms.